The van der Waals surface area contributed by atoms with E-state index in [0.717, 1.165) is 37.9 Å². The molecule has 1 fully saturated rings. The minimum absolute atomic E-state index is 0.0492. The molecule has 1 aromatic carbocycles. The number of hydrogen-bond donors (Lipinski definition) is 0. The van der Waals surface area contributed by atoms with Gasteiger partial charge in [-0.25, -0.2) is 0 Å². The lowest BCUT2D eigenvalue weighted by molar-refractivity contribution is -0.133. The summed E-state index contributed by atoms with van der Waals surface area (Å²) in [7, 11) is 1.73. The van der Waals surface area contributed by atoms with E-state index < -0.39 is 0 Å². The first kappa shape index (κ1) is 15.7. The summed E-state index contributed by atoms with van der Waals surface area (Å²) in [6.07, 6.45) is 11.3. The van der Waals surface area contributed by atoms with Gasteiger partial charge >= 0.3 is 0 Å². The average Bonchev–Trinajstić information content (AvgIpc) is 2.86. The van der Waals surface area contributed by atoms with Crippen LogP contribution >= 0.6 is 0 Å². The Bertz CT molecular complexity index is 731. The number of benzene rings is 1. The zero-order valence-corrected chi connectivity index (χ0v) is 14.7. The van der Waals surface area contributed by atoms with E-state index in [1.165, 1.54) is 11.1 Å². The van der Waals surface area contributed by atoms with Gasteiger partial charge in [-0.05, 0) is 73.3 Å². The molecule has 4 atom stereocenters. The number of allylic oxidation sites excluding steroid dienone is 3. The SMILES string of the molecule is C=CC[C@]12C=CC(=O)[C@@]1(C)CC[C@@H]1c3ccc(OC)cc3CC[C@H]12. The smallest absolute Gasteiger partial charge is 0.162 e. The number of carbonyl (C=O) groups excluding carboxylic acids is 1. The van der Waals surface area contributed by atoms with Crippen LogP contribution in [0.5, 0.6) is 5.75 Å². The number of methoxy groups -OCH3 is 1. The quantitative estimate of drug-likeness (QED) is 0.744. The second-order valence-electron chi connectivity index (χ2n) is 7.92. The molecule has 0 bridgehead atoms. The topological polar surface area (TPSA) is 26.3 Å². The lowest BCUT2D eigenvalue weighted by Crippen LogP contribution is -2.51. The van der Waals surface area contributed by atoms with Crippen LogP contribution in [0.15, 0.2) is 43.0 Å². The van der Waals surface area contributed by atoms with Crippen LogP contribution in [-0.4, -0.2) is 12.9 Å². The van der Waals surface area contributed by atoms with Gasteiger partial charge in [0.1, 0.15) is 5.75 Å². The fourth-order valence-corrected chi connectivity index (χ4v) is 5.83. The van der Waals surface area contributed by atoms with Crippen LogP contribution in [0.25, 0.3) is 0 Å². The number of carbonyl (C=O) groups is 1. The molecule has 0 radical (unpaired) electrons. The molecule has 0 spiro atoms. The molecule has 0 aliphatic heterocycles. The molecule has 0 aromatic heterocycles. The van der Waals surface area contributed by atoms with Crippen molar-refractivity contribution in [1.29, 1.82) is 0 Å². The summed E-state index contributed by atoms with van der Waals surface area (Å²) in [6.45, 7) is 6.20. The molecule has 4 rings (SSSR count). The van der Waals surface area contributed by atoms with Crippen LogP contribution in [0.2, 0.25) is 0 Å². The second kappa shape index (κ2) is 5.34. The van der Waals surface area contributed by atoms with Crippen molar-refractivity contribution in [1.82, 2.24) is 0 Å². The lowest BCUT2D eigenvalue weighted by Gasteiger charge is -2.56. The van der Waals surface area contributed by atoms with E-state index in [2.05, 4.69) is 37.8 Å². The van der Waals surface area contributed by atoms with Crippen LogP contribution in [0.1, 0.15) is 49.7 Å². The Hall–Kier alpha value is -1.83. The van der Waals surface area contributed by atoms with Crippen molar-refractivity contribution < 1.29 is 9.53 Å². The molecule has 126 valence electrons. The predicted octanol–water partition coefficient (Wildman–Crippen LogP) is 4.84. The highest BCUT2D eigenvalue weighted by Crippen LogP contribution is 2.66. The maximum Gasteiger partial charge on any atom is 0.162 e. The van der Waals surface area contributed by atoms with Crippen LogP contribution in [0.4, 0.5) is 0 Å². The van der Waals surface area contributed by atoms with Crippen LogP contribution in [0.3, 0.4) is 0 Å². The van der Waals surface area contributed by atoms with Crippen molar-refractivity contribution in [3.05, 3.63) is 54.1 Å². The van der Waals surface area contributed by atoms with E-state index >= 15 is 0 Å². The first-order chi connectivity index (χ1) is 11.6. The summed E-state index contributed by atoms with van der Waals surface area (Å²) in [6, 6.07) is 6.55. The van der Waals surface area contributed by atoms with E-state index in [0.29, 0.717) is 17.6 Å². The van der Waals surface area contributed by atoms with E-state index in [9.17, 15) is 4.79 Å². The maximum absolute atomic E-state index is 12.7. The third-order valence-corrected chi connectivity index (χ3v) is 7.16. The Morgan fingerprint density at radius 2 is 2.21 bits per heavy atom. The maximum atomic E-state index is 12.7. The molecule has 1 saturated carbocycles. The van der Waals surface area contributed by atoms with E-state index in [1.807, 2.05) is 12.2 Å². The third-order valence-electron chi connectivity index (χ3n) is 7.16. The number of ether oxygens (including phenoxy) is 1. The number of hydrogen-bond acceptors (Lipinski definition) is 2. The summed E-state index contributed by atoms with van der Waals surface area (Å²) >= 11 is 0. The molecular weight excluding hydrogens is 296 g/mol. The average molecular weight is 322 g/mol. The van der Waals surface area contributed by atoms with Gasteiger partial charge in [-0.2, -0.15) is 0 Å². The molecule has 0 N–H and O–H groups in total. The lowest BCUT2D eigenvalue weighted by atomic mass is 9.46. The summed E-state index contributed by atoms with van der Waals surface area (Å²) in [5.41, 5.74) is 2.62. The van der Waals surface area contributed by atoms with Gasteiger partial charge in [-0.1, -0.05) is 25.1 Å². The van der Waals surface area contributed by atoms with E-state index in [-0.39, 0.29) is 10.8 Å². The Labute approximate surface area is 144 Å². The summed E-state index contributed by atoms with van der Waals surface area (Å²) in [4.78, 5) is 12.7. The monoisotopic (exact) mass is 322 g/mol. The van der Waals surface area contributed by atoms with E-state index in [4.69, 9.17) is 4.74 Å². The van der Waals surface area contributed by atoms with E-state index in [1.54, 1.807) is 7.11 Å². The first-order valence-electron chi connectivity index (χ1n) is 9.07. The Morgan fingerprint density at radius 1 is 1.38 bits per heavy atom. The number of ketones is 1. The molecule has 0 unspecified atom stereocenters. The van der Waals surface area contributed by atoms with Crippen molar-refractivity contribution in [2.75, 3.05) is 7.11 Å². The van der Waals surface area contributed by atoms with Crippen LogP contribution < -0.4 is 4.74 Å². The largest absolute Gasteiger partial charge is 0.497 e. The van der Waals surface area contributed by atoms with Gasteiger partial charge in [0, 0.05) is 10.8 Å². The van der Waals surface area contributed by atoms with Crippen molar-refractivity contribution in [3.63, 3.8) is 0 Å². The second-order valence-corrected chi connectivity index (χ2v) is 7.92. The predicted molar refractivity (Wildman–Crippen MR) is 96.3 cm³/mol. The van der Waals surface area contributed by atoms with Gasteiger partial charge in [-0.15, -0.1) is 6.58 Å². The first-order valence-corrected chi connectivity index (χ1v) is 9.07. The highest BCUT2D eigenvalue weighted by Gasteiger charge is 2.61. The zero-order valence-electron chi connectivity index (χ0n) is 14.7. The Kier molecular flexibility index (Phi) is 3.49. The molecule has 1 aromatic rings. The molecule has 0 heterocycles. The molecule has 3 aliphatic rings. The summed E-state index contributed by atoms with van der Waals surface area (Å²) in [5.74, 6) is 2.34. The number of fused-ring (bicyclic) bond motifs is 5. The van der Waals surface area contributed by atoms with Crippen molar-refractivity contribution in [2.24, 2.45) is 16.7 Å². The van der Waals surface area contributed by atoms with Gasteiger partial charge in [0.25, 0.3) is 0 Å². The highest BCUT2D eigenvalue weighted by molar-refractivity contribution is 5.98. The normalized spacial score (nSPS) is 36.7. The Morgan fingerprint density at radius 3 is 2.96 bits per heavy atom. The fraction of sp³-hybridized carbons (Fsp3) is 0.500. The number of aryl methyl sites for hydroxylation is 1. The van der Waals surface area contributed by atoms with Gasteiger partial charge in [0.15, 0.2) is 5.78 Å². The fourth-order valence-electron chi connectivity index (χ4n) is 5.83. The molecule has 2 nitrogen and oxygen atoms in total. The van der Waals surface area contributed by atoms with Crippen molar-refractivity contribution >= 4 is 5.78 Å². The molecule has 3 aliphatic carbocycles. The van der Waals surface area contributed by atoms with Gasteiger partial charge in [0.2, 0.25) is 0 Å². The Balaban J connectivity index is 1.80. The minimum Gasteiger partial charge on any atom is -0.497 e. The van der Waals surface area contributed by atoms with Gasteiger partial charge < -0.3 is 4.74 Å². The summed E-state index contributed by atoms with van der Waals surface area (Å²) in [5, 5.41) is 0. The summed E-state index contributed by atoms with van der Waals surface area (Å²) < 4.78 is 5.41. The molecular formula is C22H26O2. The third kappa shape index (κ3) is 1.86. The van der Waals surface area contributed by atoms with Gasteiger partial charge in [-0.3, -0.25) is 4.79 Å². The van der Waals surface area contributed by atoms with Crippen LogP contribution in [-0.2, 0) is 11.2 Å². The van der Waals surface area contributed by atoms with Crippen LogP contribution in [0, 0.1) is 16.7 Å². The molecule has 0 saturated heterocycles. The van der Waals surface area contributed by atoms with Crippen molar-refractivity contribution in [2.45, 2.75) is 44.9 Å². The van der Waals surface area contributed by atoms with Crippen molar-refractivity contribution in [3.8, 4) is 5.75 Å². The number of rotatable bonds is 3. The standard InChI is InChI=1S/C22H26O2/c1-4-11-22-13-10-20(23)21(22,2)12-9-18-17-7-6-16(24-3)14-15(17)5-8-19(18)22/h4,6-7,10,13-14,18-19H,1,5,8-9,11-12H2,2-3H3/t18-,19-,21-,22-/m1/s1. The zero-order chi connectivity index (χ0) is 16.9. The highest BCUT2D eigenvalue weighted by atomic mass is 16.5. The molecule has 2 heteroatoms. The molecule has 24 heavy (non-hydrogen) atoms. The van der Waals surface area contributed by atoms with Gasteiger partial charge in [0.05, 0.1) is 7.11 Å². The molecule has 0 amide bonds. The minimum atomic E-state index is -0.244.